The molecule has 0 N–H and O–H groups in total. The highest BCUT2D eigenvalue weighted by Gasteiger charge is 2.34. The maximum absolute atomic E-state index is 13.3. The first-order valence-electron chi connectivity index (χ1n) is 11.7. The number of benzene rings is 2. The summed E-state index contributed by atoms with van der Waals surface area (Å²) in [5.41, 5.74) is 3.48. The molecule has 32 heavy (non-hydrogen) atoms. The Labute approximate surface area is 191 Å². The number of hydrogen-bond donors (Lipinski definition) is 0. The lowest BCUT2D eigenvalue weighted by Gasteiger charge is -2.43. The van der Waals surface area contributed by atoms with Gasteiger partial charge < -0.3 is 14.7 Å². The van der Waals surface area contributed by atoms with Crippen molar-refractivity contribution in [1.82, 2.24) is 9.80 Å². The molecule has 2 aromatic rings. The lowest BCUT2D eigenvalue weighted by Crippen LogP contribution is -2.56. The summed E-state index contributed by atoms with van der Waals surface area (Å²) < 4.78 is 0. The van der Waals surface area contributed by atoms with Gasteiger partial charge in [-0.2, -0.15) is 0 Å². The zero-order valence-corrected chi connectivity index (χ0v) is 19.1. The Kier molecular flexibility index (Phi) is 6.93. The van der Waals surface area contributed by atoms with Crippen LogP contribution in [-0.2, 0) is 9.59 Å². The molecule has 2 fully saturated rings. The highest BCUT2D eigenvalue weighted by Crippen LogP contribution is 2.25. The van der Waals surface area contributed by atoms with Crippen LogP contribution in [0.5, 0.6) is 0 Å². The third kappa shape index (κ3) is 5.21. The van der Waals surface area contributed by atoms with Crippen LogP contribution in [0.4, 0.5) is 5.69 Å². The Bertz CT molecular complexity index is 972. The zero-order chi connectivity index (χ0) is 22.5. The van der Waals surface area contributed by atoms with Gasteiger partial charge >= 0.3 is 0 Å². The van der Waals surface area contributed by atoms with Gasteiger partial charge in [0.25, 0.3) is 0 Å². The number of carbonyl (C=O) groups excluding carboxylic acids is 2. The Balaban J connectivity index is 1.34. The smallest absolute Gasteiger partial charge is 0.246 e. The predicted molar refractivity (Wildman–Crippen MR) is 129 cm³/mol. The molecular weight excluding hydrogens is 398 g/mol. The van der Waals surface area contributed by atoms with Crippen molar-refractivity contribution in [2.75, 3.05) is 37.6 Å². The summed E-state index contributed by atoms with van der Waals surface area (Å²) in [4.78, 5) is 32.2. The lowest BCUT2D eigenvalue weighted by atomic mass is 9.95. The van der Waals surface area contributed by atoms with Gasteiger partial charge in [0.1, 0.15) is 0 Å². The van der Waals surface area contributed by atoms with Crippen molar-refractivity contribution < 1.29 is 9.59 Å². The number of aryl methyl sites for hydroxylation is 1. The fourth-order valence-corrected chi connectivity index (χ4v) is 4.82. The van der Waals surface area contributed by atoms with Crippen LogP contribution in [0.1, 0.15) is 30.9 Å². The molecular formula is C27H33N3O2. The van der Waals surface area contributed by atoms with Gasteiger partial charge in [0.2, 0.25) is 11.8 Å². The van der Waals surface area contributed by atoms with E-state index in [0.717, 1.165) is 44.6 Å². The number of likely N-dealkylation sites (tertiary alicyclic amines) is 1. The fraction of sp³-hybridized carbons (Fsp3) is 0.407. The number of anilines is 1. The van der Waals surface area contributed by atoms with E-state index in [4.69, 9.17) is 0 Å². The Morgan fingerprint density at radius 3 is 2.50 bits per heavy atom. The van der Waals surface area contributed by atoms with Crippen molar-refractivity contribution in [3.63, 3.8) is 0 Å². The second-order valence-electron chi connectivity index (χ2n) is 9.03. The summed E-state index contributed by atoms with van der Waals surface area (Å²) in [6, 6.07) is 18.7. The van der Waals surface area contributed by atoms with Crippen LogP contribution in [0, 0.1) is 12.8 Å². The molecule has 0 bridgehead atoms. The molecule has 2 amide bonds. The van der Waals surface area contributed by atoms with Crippen molar-refractivity contribution in [2.45, 2.75) is 32.7 Å². The normalized spacial score (nSPS) is 21.8. The molecule has 1 unspecified atom stereocenters. The molecule has 2 heterocycles. The Morgan fingerprint density at radius 1 is 0.938 bits per heavy atom. The molecule has 2 saturated heterocycles. The largest absolute Gasteiger partial charge is 0.365 e. The molecule has 2 aromatic carbocycles. The van der Waals surface area contributed by atoms with Gasteiger partial charge in [-0.05, 0) is 56.0 Å². The van der Waals surface area contributed by atoms with E-state index in [1.165, 1.54) is 11.3 Å². The summed E-state index contributed by atoms with van der Waals surface area (Å²) in [7, 11) is 0. The van der Waals surface area contributed by atoms with Crippen molar-refractivity contribution in [3.05, 3.63) is 71.8 Å². The van der Waals surface area contributed by atoms with E-state index >= 15 is 0 Å². The highest BCUT2D eigenvalue weighted by atomic mass is 16.2. The molecule has 2 aliphatic heterocycles. The molecule has 2 aliphatic rings. The van der Waals surface area contributed by atoms with Crippen LogP contribution in [0.3, 0.4) is 0 Å². The third-order valence-corrected chi connectivity index (χ3v) is 6.57. The monoisotopic (exact) mass is 431 g/mol. The molecule has 0 radical (unpaired) electrons. The van der Waals surface area contributed by atoms with E-state index in [9.17, 15) is 9.59 Å². The van der Waals surface area contributed by atoms with Gasteiger partial charge in [-0.3, -0.25) is 9.59 Å². The van der Waals surface area contributed by atoms with Gasteiger partial charge in [-0.1, -0.05) is 42.5 Å². The number of piperidine rings is 1. The van der Waals surface area contributed by atoms with Crippen LogP contribution in [0.25, 0.3) is 6.08 Å². The summed E-state index contributed by atoms with van der Waals surface area (Å²) >= 11 is 0. The van der Waals surface area contributed by atoms with E-state index in [1.54, 1.807) is 6.08 Å². The molecule has 0 aromatic heterocycles. The van der Waals surface area contributed by atoms with Gasteiger partial charge in [0.15, 0.2) is 0 Å². The lowest BCUT2D eigenvalue weighted by molar-refractivity contribution is -0.140. The molecule has 5 heteroatoms. The average Bonchev–Trinajstić information content (AvgIpc) is 2.82. The first kappa shape index (κ1) is 22.1. The molecule has 5 nitrogen and oxygen atoms in total. The van der Waals surface area contributed by atoms with Crippen LogP contribution < -0.4 is 4.90 Å². The third-order valence-electron chi connectivity index (χ3n) is 6.57. The standard InChI is InChI=1S/C27H33N3O2/c1-21-8-6-12-25(18-21)30-17-16-29(19-22(30)2)27(32)24-11-7-15-28(20-24)26(31)14-13-23-9-4-3-5-10-23/h3-6,8-10,12-14,18,22,24H,7,11,15-17,19-20H2,1-2H3/b14-13+/t22?,24-/m0/s1. The second-order valence-corrected chi connectivity index (χ2v) is 9.03. The van der Waals surface area contributed by atoms with Crippen molar-refractivity contribution in [2.24, 2.45) is 5.92 Å². The number of amides is 2. The first-order chi connectivity index (χ1) is 15.5. The van der Waals surface area contributed by atoms with Crippen LogP contribution in [0.2, 0.25) is 0 Å². The van der Waals surface area contributed by atoms with Gasteiger partial charge in [-0.15, -0.1) is 0 Å². The van der Waals surface area contributed by atoms with Crippen molar-refractivity contribution in [1.29, 1.82) is 0 Å². The minimum atomic E-state index is -0.101. The second kappa shape index (κ2) is 10.0. The predicted octanol–water partition coefficient (Wildman–Crippen LogP) is 3.98. The van der Waals surface area contributed by atoms with Crippen LogP contribution >= 0.6 is 0 Å². The van der Waals surface area contributed by atoms with E-state index in [0.29, 0.717) is 6.54 Å². The number of hydrogen-bond acceptors (Lipinski definition) is 3. The fourth-order valence-electron chi connectivity index (χ4n) is 4.82. The Morgan fingerprint density at radius 2 is 1.75 bits per heavy atom. The summed E-state index contributed by atoms with van der Waals surface area (Å²) in [5.74, 6) is 0.0878. The molecule has 0 spiro atoms. The minimum absolute atomic E-state index is 0.0102. The maximum atomic E-state index is 13.3. The van der Waals surface area contributed by atoms with E-state index in [-0.39, 0.29) is 23.8 Å². The van der Waals surface area contributed by atoms with Crippen LogP contribution in [0.15, 0.2) is 60.7 Å². The molecule has 0 saturated carbocycles. The van der Waals surface area contributed by atoms with E-state index < -0.39 is 0 Å². The number of rotatable bonds is 4. The van der Waals surface area contributed by atoms with Gasteiger partial charge in [-0.25, -0.2) is 0 Å². The summed E-state index contributed by atoms with van der Waals surface area (Å²) in [6.45, 7) is 7.83. The first-order valence-corrected chi connectivity index (χ1v) is 11.7. The molecule has 168 valence electrons. The average molecular weight is 432 g/mol. The van der Waals surface area contributed by atoms with Gasteiger partial charge in [0, 0.05) is 50.5 Å². The topological polar surface area (TPSA) is 43.9 Å². The molecule has 2 atom stereocenters. The number of carbonyl (C=O) groups is 2. The molecule has 0 aliphatic carbocycles. The Hall–Kier alpha value is -3.08. The minimum Gasteiger partial charge on any atom is -0.365 e. The molecule has 4 rings (SSSR count). The van der Waals surface area contributed by atoms with E-state index in [1.807, 2.05) is 46.2 Å². The van der Waals surface area contributed by atoms with Crippen LogP contribution in [-0.4, -0.2) is 60.4 Å². The number of nitrogens with zero attached hydrogens (tertiary/aromatic N) is 3. The van der Waals surface area contributed by atoms with E-state index in [2.05, 4.69) is 43.0 Å². The number of piperazine rings is 1. The quantitative estimate of drug-likeness (QED) is 0.688. The highest BCUT2D eigenvalue weighted by molar-refractivity contribution is 5.92. The zero-order valence-electron chi connectivity index (χ0n) is 19.1. The summed E-state index contributed by atoms with van der Waals surface area (Å²) in [6.07, 6.45) is 5.21. The van der Waals surface area contributed by atoms with Gasteiger partial charge in [0.05, 0.1) is 5.92 Å². The SMILES string of the molecule is Cc1cccc(N2CCN(C(=O)[C@H]3CCCN(C(=O)/C=C/c4ccccc4)C3)CC2C)c1. The maximum Gasteiger partial charge on any atom is 0.246 e. The van der Waals surface area contributed by atoms with Crippen molar-refractivity contribution >= 4 is 23.6 Å². The summed E-state index contributed by atoms with van der Waals surface area (Å²) in [5, 5.41) is 0. The van der Waals surface area contributed by atoms with Crippen molar-refractivity contribution in [3.8, 4) is 0 Å².